The fraction of sp³-hybridized carbons (Fsp3) is 0.500. The molecule has 4 heteroatoms. The molecule has 128 valence electrons. The Bertz CT molecular complexity index is 711. The van der Waals surface area contributed by atoms with Crippen molar-refractivity contribution in [2.45, 2.75) is 57.8 Å². The number of rotatable bonds is 3. The van der Waals surface area contributed by atoms with Crippen molar-refractivity contribution < 1.29 is 9.59 Å². The fourth-order valence-corrected chi connectivity index (χ4v) is 4.75. The number of carbonyl (C=O) groups is 2. The van der Waals surface area contributed by atoms with Gasteiger partial charge in [-0.2, -0.15) is 0 Å². The average molecular weight is 343 g/mol. The van der Waals surface area contributed by atoms with Gasteiger partial charge < -0.3 is 4.90 Å². The van der Waals surface area contributed by atoms with Gasteiger partial charge in [-0.25, -0.2) is 0 Å². The van der Waals surface area contributed by atoms with Crippen LogP contribution in [-0.4, -0.2) is 18.6 Å². The van der Waals surface area contributed by atoms with Crippen LogP contribution in [-0.2, 0) is 16.0 Å². The van der Waals surface area contributed by atoms with Crippen LogP contribution in [0.3, 0.4) is 0 Å². The molecule has 0 saturated heterocycles. The van der Waals surface area contributed by atoms with Crippen molar-refractivity contribution in [2.75, 3.05) is 11.9 Å². The molecule has 0 bridgehead atoms. The molecule has 3 rings (SSSR count). The maximum Gasteiger partial charge on any atom is 0.169 e. The van der Waals surface area contributed by atoms with Gasteiger partial charge in [0, 0.05) is 24.8 Å². The largest absolute Gasteiger partial charge is 0.337 e. The standard InChI is InChI=1S/C20H25NO2S/c1-5-6-7-13-8-9-14-17(10-13)24-19(21(14)4)18-15(22)11-20(2,3)12-16(18)23/h8-10H,5-7,11-12H2,1-4H3. The van der Waals surface area contributed by atoms with Gasteiger partial charge in [-0.3, -0.25) is 9.59 Å². The smallest absolute Gasteiger partial charge is 0.169 e. The Morgan fingerprint density at radius 3 is 2.46 bits per heavy atom. The molecular formula is C20H25NO2S. The maximum atomic E-state index is 12.6. The first-order valence-corrected chi connectivity index (χ1v) is 9.49. The van der Waals surface area contributed by atoms with Crippen molar-refractivity contribution in [3.63, 3.8) is 0 Å². The number of ketones is 2. The fourth-order valence-electron chi connectivity index (χ4n) is 3.46. The number of allylic oxidation sites excluding steroid dienone is 1. The van der Waals surface area contributed by atoms with Crippen molar-refractivity contribution in [1.82, 2.24) is 0 Å². The molecule has 0 radical (unpaired) electrons. The summed E-state index contributed by atoms with van der Waals surface area (Å²) in [6, 6.07) is 6.48. The van der Waals surface area contributed by atoms with Gasteiger partial charge >= 0.3 is 0 Å². The van der Waals surface area contributed by atoms with E-state index in [1.165, 1.54) is 18.4 Å². The van der Waals surface area contributed by atoms with Crippen LogP contribution < -0.4 is 4.90 Å². The summed E-state index contributed by atoms with van der Waals surface area (Å²) in [5.41, 5.74) is 2.60. The molecule has 24 heavy (non-hydrogen) atoms. The van der Waals surface area contributed by atoms with Crippen LogP contribution in [0.15, 0.2) is 33.7 Å². The lowest BCUT2D eigenvalue weighted by atomic mass is 9.74. The van der Waals surface area contributed by atoms with Crippen LogP contribution >= 0.6 is 11.8 Å². The summed E-state index contributed by atoms with van der Waals surface area (Å²) >= 11 is 1.57. The van der Waals surface area contributed by atoms with E-state index in [0.717, 1.165) is 22.0 Å². The summed E-state index contributed by atoms with van der Waals surface area (Å²) in [4.78, 5) is 28.3. The SMILES string of the molecule is CCCCc1ccc2c(c1)SC(=C1C(=O)CC(C)(C)CC1=O)N2C. The maximum absolute atomic E-state index is 12.6. The van der Waals surface area contributed by atoms with E-state index >= 15 is 0 Å². The third kappa shape index (κ3) is 3.16. The lowest BCUT2D eigenvalue weighted by molar-refractivity contribution is -0.127. The second-order valence-electron chi connectivity index (χ2n) is 7.61. The molecule has 0 aromatic heterocycles. The second-order valence-corrected chi connectivity index (χ2v) is 8.64. The lowest BCUT2D eigenvalue weighted by Gasteiger charge is -2.30. The van der Waals surface area contributed by atoms with Crippen LogP contribution in [0.1, 0.15) is 52.0 Å². The Hall–Kier alpha value is -1.55. The quantitative estimate of drug-likeness (QED) is 0.587. The Balaban J connectivity index is 1.94. The van der Waals surface area contributed by atoms with E-state index in [1.807, 2.05) is 25.8 Å². The van der Waals surface area contributed by atoms with E-state index in [2.05, 4.69) is 25.1 Å². The number of hydrogen-bond donors (Lipinski definition) is 0. The molecule has 1 fully saturated rings. The number of aryl methyl sites for hydroxylation is 1. The molecule has 3 nitrogen and oxygen atoms in total. The Morgan fingerprint density at radius 2 is 1.83 bits per heavy atom. The van der Waals surface area contributed by atoms with Crippen molar-refractivity contribution in [1.29, 1.82) is 0 Å². The van der Waals surface area contributed by atoms with Gasteiger partial charge in [0.05, 0.1) is 16.3 Å². The molecular weight excluding hydrogens is 318 g/mol. The number of benzene rings is 1. The van der Waals surface area contributed by atoms with Gasteiger partial charge in [0.25, 0.3) is 0 Å². The molecule has 1 heterocycles. The molecule has 1 saturated carbocycles. The highest BCUT2D eigenvalue weighted by molar-refractivity contribution is 8.03. The molecule has 2 aliphatic rings. The van der Waals surface area contributed by atoms with Crippen molar-refractivity contribution in [2.24, 2.45) is 5.41 Å². The van der Waals surface area contributed by atoms with E-state index in [-0.39, 0.29) is 17.0 Å². The Kier molecular flexibility index (Phi) is 4.60. The van der Waals surface area contributed by atoms with Crippen LogP contribution in [0.5, 0.6) is 0 Å². The molecule has 0 atom stereocenters. The number of fused-ring (bicyclic) bond motifs is 1. The zero-order chi connectivity index (χ0) is 17.5. The third-order valence-corrected chi connectivity index (χ3v) is 5.98. The Labute approximate surface area is 148 Å². The highest BCUT2D eigenvalue weighted by Gasteiger charge is 2.40. The normalized spacial score (nSPS) is 19.9. The highest BCUT2D eigenvalue weighted by atomic mass is 32.2. The Morgan fingerprint density at radius 1 is 1.17 bits per heavy atom. The number of anilines is 1. The van der Waals surface area contributed by atoms with Gasteiger partial charge in [0.1, 0.15) is 0 Å². The minimum absolute atomic E-state index is 0.00962. The number of nitrogens with zero attached hydrogens (tertiary/aromatic N) is 1. The molecule has 0 N–H and O–H groups in total. The minimum Gasteiger partial charge on any atom is -0.337 e. The minimum atomic E-state index is -0.222. The van der Waals surface area contributed by atoms with Crippen LogP contribution in [0.25, 0.3) is 0 Å². The van der Waals surface area contributed by atoms with Crippen LogP contribution in [0.4, 0.5) is 5.69 Å². The predicted octanol–water partition coefficient (Wildman–Crippen LogP) is 4.74. The predicted molar refractivity (Wildman–Crippen MR) is 99.4 cm³/mol. The number of Topliss-reactive ketones (excluding diaryl/α,β-unsaturated/α-hetero) is 2. The topological polar surface area (TPSA) is 37.4 Å². The summed E-state index contributed by atoms with van der Waals surface area (Å²) < 4.78 is 0. The summed E-state index contributed by atoms with van der Waals surface area (Å²) in [7, 11) is 1.95. The van der Waals surface area contributed by atoms with E-state index in [0.29, 0.717) is 18.4 Å². The first-order chi connectivity index (χ1) is 11.3. The van der Waals surface area contributed by atoms with E-state index in [1.54, 1.807) is 11.8 Å². The van der Waals surface area contributed by atoms with Crippen LogP contribution in [0.2, 0.25) is 0 Å². The molecule has 0 unspecified atom stereocenters. The summed E-state index contributed by atoms with van der Waals surface area (Å²) in [5.74, 6) is -0.0192. The first kappa shape index (κ1) is 17.3. The summed E-state index contributed by atoms with van der Waals surface area (Å²) in [6.07, 6.45) is 4.33. The number of carbonyl (C=O) groups excluding carboxylic acids is 2. The molecule has 1 aromatic rings. The van der Waals surface area contributed by atoms with E-state index in [9.17, 15) is 9.59 Å². The van der Waals surface area contributed by atoms with Crippen molar-refractivity contribution in [3.8, 4) is 0 Å². The molecule has 0 spiro atoms. The van der Waals surface area contributed by atoms with Gasteiger partial charge in [-0.15, -0.1) is 0 Å². The van der Waals surface area contributed by atoms with E-state index in [4.69, 9.17) is 0 Å². The van der Waals surface area contributed by atoms with Gasteiger partial charge in [-0.1, -0.05) is 45.0 Å². The van der Waals surface area contributed by atoms with Crippen molar-refractivity contribution in [3.05, 3.63) is 34.4 Å². The average Bonchev–Trinajstić information content (AvgIpc) is 2.80. The highest BCUT2D eigenvalue weighted by Crippen LogP contribution is 2.48. The summed E-state index contributed by atoms with van der Waals surface area (Å²) in [5, 5.41) is 0.808. The zero-order valence-electron chi connectivity index (χ0n) is 14.9. The van der Waals surface area contributed by atoms with Crippen LogP contribution in [0, 0.1) is 5.41 Å². The third-order valence-electron chi connectivity index (χ3n) is 4.77. The monoisotopic (exact) mass is 343 g/mol. The van der Waals surface area contributed by atoms with Crippen molar-refractivity contribution >= 4 is 29.0 Å². The molecule has 1 aliphatic heterocycles. The van der Waals surface area contributed by atoms with Gasteiger partial charge in [-0.05, 0) is 36.0 Å². The molecule has 0 amide bonds. The summed E-state index contributed by atoms with van der Waals surface area (Å²) in [6.45, 7) is 6.18. The number of thioether (sulfide) groups is 1. The zero-order valence-corrected chi connectivity index (χ0v) is 15.8. The molecule has 1 aromatic carbocycles. The number of unbranched alkanes of at least 4 members (excludes halogenated alkanes) is 1. The second kappa shape index (κ2) is 6.40. The first-order valence-electron chi connectivity index (χ1n) is 8.67. The van der Waals surface area contributed by atoms with Gasteiger partial charge in [0.2, 0.25) is 0 Å². The van der Waals surface area contributed by atoms with E-state index < -0.39 is 0 Å². The number of hydrogen-bond acceptors (Lipinski definition) is 4. The lowest BCUT2D eigenvalue weighted by Crippen LogP contribution is -2.33. The molecule has 1 aliphatic carbocycles. The van der Waals surface area contributed by atoms with Gasteiger partial charge in [0.15, 0.2) is 11.6 Å².